The van der Waals surface area contributed by atoms with Crippen LogP contribution in [0.15, 0.2) is 66.7 Å². The van der Waals surface area contributed by atoms with Gasteiger partial charge in [0.2, 0.25) is 0 Å². The lowest BCUT2D eigenvalue weighted by molar-refractivity contribution is -0.143. The minimum absolute atomic E-state index is 0.0210. The molecular weight excluding hydrogens is 478 g/mol. The van der Waals surface area contributed by atoms with E-state index in [1.165, 1.54) is 0 Å². The Hall–Kier alpha value is -3.60. The molecule has 0 aromatic heterocycles. The van der Waals surface area contributed by atoms with E-state index in [0.717, 1.165) is 35.6 Å². The van der Waals surface area contributed by atoms with Crippen LogP contribution in [0.5, 0.6) is 0 Å². The van der Waals surface area contributed by atoms with E-state index in [1.54, 1.807) is 12.1 Å². The summed E-state index contributed by atoms with van der Waals surface area (Å²) in [7, 11) is 0. The quantitative estimate of drug-likeness (QED) is 0.393. The van der Waals surface area contributed by atoms with E-state index in [2.05, 4.69) is 16.7 Å². The number of benzene rings is 3. The Morgan fingerprint density at radius 3 is 2.47 bits per heavy atom. The Morgan fingerprint density at radius 1 is 1.00 bits per heavy atom. The number of hydrogen-bond donors (Lipinski definition) is 2. The molecule has 0 unspecified atom stereocenters. The smallest absolute Gasteiger partial charge is 0.412 e. The first-order chi connectivity index (χ1) is 17.5. The van der Waals surface area contributed by atoms with Crippen LogP contribution >= 0.6 is 11.6 Å². The highest BCUT2D eigenvalue weighted by molar-refractivity contribution is 6.31. The molecule has 0 aliphatic heterocycles. The lowest BCUT2D eigenvalue weighted by atomic mass is 9.83. The van der Waals surface area contributed by atoms with Gasteiger partial charge < -0.3 is 14.8 Å². The maximum Gasteiger partial charge on any atom is 0.412 e. The summed E-state index contributed by atoms with van der Waals surface area (Å²) in [6.45, 7) is 0.191. The molecule has 1 aliphatic carbocycles. The lowest BCUT2D eigenvalue weighted by Gasteiger charge is -2.35. The van der Waals surface area contributed by atoms with Gasteiger partial charge in [-0.05, 0) is 60.2 Å². The third-order valence-corrected chi connectivity index (χ3v) is 6.69. The Kier molecular flexibility index (Phi) is 8.42. The summed E-state index contributed by atoms with van der Waals surface area (Å²) < 4.78 is 11.4. The van der Waals surface area contributed by atoms with Crippen molar-refractivity contribution in [1.29, 1.82) is 5.26 Å². The molecule has 0 radical (unpaired) electrons. The molecule has 0 bridgehead atoms. The largest absolute Gasteiger partial charge is 0.433 e. The van der Waals surface area contributed by atoms with E-state index in [4.69, 9.17) is 21.1 Å². The van der Waals surface area contributed by atoms with Crippen LogP contribution in [-0.4, -0.2) is 30.3 Å². The molecule has 0 heterocycles. The molecule has 8 heteroatoms. The molecule has 1 saturated carbocycles. The molecule has 1 fully saturated rings. The number of halogens is 1. The van der Waals surface area contributed by atoms with E-state index in [1.807, 2.05) is 54.6 Å². The molecule has 4 rings (SSSR count). The SMILES string of the molecule is N#C[C@H](COCc1ccccc1Cl)NC(=O)C1(OC(=O)Nc2ccc3ccccc3c2)CCCCC1. The number of carbonyl (C=O) groups is 2. The Morgan fingerprint density at radius 2 is 1.72 bits per heavy atom. The number of nitriles is 1. The van der Waals surface area contributed by atoms with Crippen molar-refractivity contribution in [2.45, 2.75) is 50.4 Å². The zero-order valence-corrected chi connectivity index (χ0v) is 20.6. The molecule has 186 valence electrons. The van der Waals surface area contributed by atoms with E-state index < -0.39 is 23.6 Å². The summed E-state index contributed by atoms with van der Waals surface area (Å²) in [4.78, 5) is 26.1. The topological polar surface area (TPSA) is 100 Å². The van der Waals surface area contributed by atoms with Gasteiger partial charge in [-0.25, -0.2) is 4.79 Å². The van der Waals surface area contributed by atoms with Gasteiger partial charge in [-0.1, -0.05) is 66.6 Å². The third kappa shape index (κ3) is 6.34. The number of rotatable bonds is 8. The number of ether oxygens (including phenoxy) is 2. The fourth-order valence-electron chi connectivity index (χ4n) is 4.39. The van der Waals surface area contributed by atoms with E-state index in [-0.39, 0.29) is 13.2 Å². The molecule has 0 saturated heterocycles. The summed E-state index contributed by atoms with van der Waals surface area (Å²) in [6, 6.07) is 21.8. The highest BCUT2D eigenvalue weighted by Crippen LogP contribution is 2.33. The van der Waals surface area contributed by atoms with Gasteiger partial charge in [0.15, 0.2) is 5.60 Å². The van der Waals surface area contributed by atoms with Crippen LogP contribution in [0.4, 0.5) is 10.5 Å². The predicted octanol–water partition coefficient (Wildman–Crippen LogP) is 5.97. The van der Waals surface area contributed by atoms with Crippen LogP contribution in [-0.2, 0) is 20.9 Å². The van der Waals surface area contributed by atoms with Crippen molar-refractivity contribution in [2.24, 2.45) is 0 Å². The molecule has 1 aliphatic rings. The van der Waals surface area contributed by atoms with Crippen molar-refractivity contribution in [1.82, 2.24) is 5.32 Å². The van der Waals surface area contributed by atoms with Gasteiger partial charge >= 0.3 is 6.09 Å². The van der Waals surface area contributed by atoms with Crippen LogP contribution in [0.25, 0.3) is 10.8 Å². The molecule has 1 atom stereocenters. The Bertz CT molecular complexity index is 1270. The van der Waals surface area contributed by atoms with Gasteiger partial charge in [-0.2, -0.15) is 5.26 Å². The number of amides is 2. The van der Waals surface area contributed by atoms with E-state index in [0.29, 0.717) is 23.6 Å². The number of nitrogens with one attached hydrogen (secondary N) is 2. The lowest BCUT2D eigenvalue weighted by Crippen LogP contribution is -2.54. The van der Waals surface area contributed by atoms with Crippen molar-refractivity contribution in [3.8, 4) is 6.07 Å². The summed E-state index contributed by atoms with van der Waals surface area (Å²) >= 11 is 6.14. The zero-order chi connectivity index (χ0) is 25.4. The second-order valence-electron chi connectivity index (χ2n) is 8.89. The summed E-state index contributed by atoms with van der Waals surface area (Å²) in [5, 5.41) is 17.6. The van der Waals surface area contributed by atoms with Crippen molar-refractivity contribution >= 4 is 40.1 Å². The monoisotopic (exact) mass is 505 g/mol. The number of carbonyl (C=O) groups excluding carboxylic acids is 2. The average molecular weight is 506 g/mol. The van der Waals surface area contributed by atoms with E-state index in [9.17, 15) is 14.9 Å². The summed E-state index contributed by atoms with van der Waals surface area (Å²) in [5.74, 6) is -0.483. The molecule has 2 amide bonds. The Balaban J connectivity index is 1.38. The number of fused-ring (bicyclic) bond motifs is 1. The predicted molar refractivity (Wildman–Crippen MR) is 139 cm³/mol. The standard InChI is InChI=1S/C28H28ClN3O4/c29-25-11-5-4-10-22(25)18-35-19-24(17-30)31-26(33)28(14-6-1-7-15-28)36-27(34)32-23-13-12-20-8-2-3-9-21(20)16-23/h2-5,8-13,16,24H,1,6-7,14-15,18-19H2,(H,31,33)(H,32,34)/t24-/m1/s1. The molecule has 7 nitrogen and oxygen atoms in total. The number of nitrogens with zero attached hydrogens (tertiary/aromatic N) is 1. The van der Waals surface area contributed by atoms with Crippen molar-refractivity contribution in [3.63, 3.8) is 0 Å². The minimum atomic E-state index is -1.34. The van der Waals surface area contributed by atoms with Crippen LogP contribution in [0.2, 0.25) is 5.02 Å². The summed E-state index contributed by atoms with van der Waals surface area (Å²) in [5.41, 5.74) is 0.0318. The van der Waals surface area contributed by atoms with E-state index >= 15 is 0 Å². The number of anilines is 1. The first kappa shape index (κ1) is 25.5. The van der Waals surface area contributed by atoms with Gasteiger partial charge in [0.05, 0.1) is 19.3 Å². The summed E-state index contributed by atoms with van der Waals surface area (Å²) in [6.07, 6.45) is 2.53. The van der Waals surface area contributed by atoms with Crippen LogP contribution < -0.4 is 10.6 Å². The van der Waals surface area contributed by atoms with Crippen LogP contribution in [0.1, 0.15) is 37.7 Å². The zero-order valence-electron chi connectivity index (χ0n) is 19.8. The van der Waals surface area contributed by atoms with Crippen LogP contribution in [0.3, 0.4) is 0 Å². The Labute approximate surface area is 215 Å². The molecule has 36 heavy (non-hydrogen) atoms. The van der Waals surface area contributed by atoms with Gasteiger partial charge in [0.1, 0.15) is 6.04 Å². The van der Waals surface area contributed by atoms with Gasteiger partial charge in [-0.3, -0.25) is 10.1 Å². The maximum absolute atomic E-state index is 13.3. The second kappa shape index (κ2) is 11.9. The normalized spacial score (nSPS) is 15.4. The highest BCUT2D eigenvalue weighted by Gasteiger charge is 2.44. The number of hydrogen-bond acceptors (Lipinski definition) is 5. The first-order valence-electron chi connectivity index (χ1n) is 12.0. The molecule has 3 aromatic rings. The van der Waals surface area contributed by atoms with Gasteiger partial charge in [0.25, 0.3) is 5.91 Å². The van der Waals surface area contributed by atoms with Crippen molar-refractivity contribution in [2.75, 3.05) is 11.9 Å². The van der Waals surface area contributed by atoms with Crippen molar-refractivity contribution < 1.29 is 19.1 Å². The van der Waals surface area contributed by atoms with Gasteiger partial charge in [-0.15, -0.1) is 0 Å². The third-order valence-electron chi connectivity index (χ3n) is 6.32. The minimum Gasteiger partial charge on any atom is -0.433 e. The molecule has 0 spiro atoms. The first-order valence-corrected chi connectivity index (χ1v) is 12.4. The highest BCUT2D eigenvalue weighted by atomic mass is 35.5. The molecular formula is C28H28ClN3O4. The fraction of sp³-hybridized carbons (Fsp3) is 0.321. The van der Waals surface area contributed by atoms with Gasteiger partial charge in [0, 0.05) is 10.7 Å². The average Bonchev–Trinajstić information content (AvgIpc) is 2.89. The van der Waals surface area contributed by atoms with Crippen molar-refractivity contribution in [3.05, 3.63) is 77.3 Å². The molecule has 3 aromatic carbocycles. The maximum atomic E-state index is 13.3. The molecule has 2 N–H and O–H groups in total. The fourth-order valence-corrected chi connectivity index (χ4v) is 4.58. The second-order valence-corrected chi connectivity index (χ2v) is 9.30. The van der Waals surface area contributed by atoms with Crippen LogP contribution in [0, 0.1) is 11.3 Å².